The quantitative estimate of drug-likeness (QED) is 0.204. The van der Waals surface area contributed by atoms with E-state index in [0.717, 1.165) is 45.9 Å². The molecular weight excluding hydrogens is 384 g/mol. The third-order valence-corrected chi connectivity index (χ3v) is 5.43. The molecule has 0 fully saturated rings. The van der Waals surface area contributed by atoms with Gasteiger partial charge in [-0.3, -0.25) is 15.1 Å². The van der Waals surface area contributed by atoms with E-state index in [1.165, 1.54) is 6.08 Å². The zero-order chi connectivity index (χ0) is 22.0. The molecule has 0 saturated heterocycles. The molecule has 2 N–H and O–H groups in total. The molecule has 0 saturated carbocycles. The molecule has 0 amide bonds. The van der Waals surface area contributed by atoms with Crippen molar-refractivity contribution in [3.63, 3.8) is 0 Å². The highest BCUT2D eigenvalue weighted by molar-refractivity contribution is 8.06. The minimum Gasteiger partial charge on any atom is -0.325 e. The highest BCUT2D eigenvalue weighted by Crippen LogP contribution is 2.28. The van der Waals surface area contributed by atoms with Crippen molar-refractivity contribution < 1.29 is 4.92 Å². The van der Waals surface area contributed by atoms with Crippen LogP contribution in [-0.4, -0.2) is 16.7 Å². The Labute approximate surface area is 178 Å². The summed E-state index contributed by atoms with van der Waals surface area (Å²) < 4.78 is 0. The SMILES string of the molecule is C=C/C(=C\C1=C(C)NNC1/C(C)=C/SC(=C\C)/C(CCC)=N/C=C(C)C)[N+](=O)[O-]. The Kier molecular flexibility index (Phi) is 10.4. The van der Waals surface area contributed by atoms with Crippen molar-refractivity contribution >= 4 is 17.5 Å². The first-order valence-corrected chi connectivity index (χ1v) is 10.5. The third kappa shape index (κ3) is 7.51. The second-order valence-electron chi connectivity index (χ2n) is 6.98. The fourth-order valence-electron chi connectivity index (χ4n) is 2.67. The van der Waals surface area contributed by atoms with Crippen molar-refractivity contribution in [1.82, 2.24) is 10.9 Å². The van der Waals surface area contributed by atoms with Crippen molar-refractivity contribution in [2.75, 3.05) is 0 Å². The molecular formula is C22H32N4O2S. The van der Waals surface area contributed by atoms with E-state index in [0.29, 0.717) is 0 Å². The van der Waals surface area contributed by atoms with Crippen LogP contribution in [0.1, 0.15) is 54.4 Å². The fraction of sp³-hybridized carbons (Fsp3) is 0.409. The summed E-state index contributed by atoms with van der Waals surface area (Å²) >= 11 is 1.62. The largest absolute Gasteiger partial charge is 0.325 e. The van der Waals surface area contributed by atoms with Gasteiger partial charge in [0, 0.05) is 34.5 Å². The summed E-state index contributed by atoms with van der Waals surface area (Å²) in [5.41, 5.74) is 11.2. The summed E-state index contributed by atoms with van der Waals surface area (Å²) in [5.74, 6) is 0. The van der Waals surface area contributed by atoms with E-state index in [4.69, 9.17) is 0 Å². The van der Waals surface area contributed by atoms with Gasteiger partial charge in [-0.2, -0.15) is 0 Å². The average molecular weight is 417 g/mol. The summed E-state index contributed by atoms with van der Waals surface area (Å²) in [4.78, 5) is 16.5. The van der Waals surface area contributed by atoms with Crippen LogP contribution in [0.5, 0.6) is 0 Å². The summed E-state index contributed by atoms with van der Waals surface area (Å²) in [6.07, 6.45) is 8.73. The number of nitro groups is 1. The maximum absolute atomic E-state index is 11.2. The molecule has 0 aromatic rings. The number of nitrogens with one attached hydrogen (secondary N) is 2. The van der Waals surface area contributed by atoms with Gasteiger partial charge in [0.15, 0.2) is 0 Å². The molecule has 158 valence electrons. The van der Waals surface area contributed by atoms with Crippen molar-refractivity contribution in [1.29, 1.82) is 0 Å². The number of hydrazine groups is 1. The van der Waals surface area contributed by atoms with Gasteiger partial charge in [0.2, 0.25) is 0 Å². The Bertz CT molecular complexity index is 813. The lowest BCUT2D eigenvalue weighted by molar-refractivity contribution is -0.419. The Morgan fingerprint density at radius 2 is 2.07 bits per heavy atom. The number of aliphatic imine (C=N–C) groups is 1. The van der Waals surface area contributed by atoms with Gasteiger partial charge in [-0.1, -0.05) is 43.3 Å². The molecule has 1 unspecified atom stereocenters. The second-order valence-corrected chi connectivity index (χ2v) is 7.89. The van der Waals surface area contributed by atoms with E-state index in [9.17, 15) is 10.1 Å². The molecule has 29 heavy (non-hydrogen) atoms. The van der Waals surface area contributed by atoms with E-state index in [1.54, 1.807) is 17.8 Å². The number of rotatable bonds is 10. The number of hydrogen-bond donors (Lipinski definition) is 2. The zero-order valence-corrected chi connectivity index (χ0v) is 19.0. The summed E-state index contributed by atoms with van der Waals surface area (Å²) in [5, 5.41) is 13.2. The van der Waals surface area contributed by atoms with Crippen LogP contribution in [0.15, 0.2) is 74.4 Å². The highest BCUT2D eigenvalue weighted by Gasteiger charge is 2.25. The predicted molar refractivity (Wildman–Crippen MR) is 125 cm³/mol. The molecule has 0 spiro atoms. The summed E-state index contributed by atoms with van der Waals surface area (Å²) in [6, 6.07) is -0.153. The van der Waals surface area contributed by atoms with Crippen LogP contribution in [0.25, 0.3) is 0 Å². The van der Waals surface area contributed by atoms with Gasteiger partial charge in [-0.25, -0.2) is 5.43 Å². The standard InChI is InChI=1S/C22H32N4O2S/c1-8-11-20(23-13-15(4)5)21(10-3)29-14-16(6)22-19(17(7)24-25-22)12-18(9-2)26(27)28/h9-10,12-14,22,24-25H,2,8,11H2,1,3-7H3/b16-14+,18-12+,21-10-,23-20+. The van der Waals surface area contributed by atoms with Gasteiger partial charge in [0.25, 0.3) is 5.70 Å². The lowest BCUT2D eigenvalue weighted by atomic mass is 10.0. The van der Waals surface area contributed by atoms with Crippen LogP contribution in [-0.2, 0) is 0 Å². The van der Waals surface area contributed by atoms with Gasteiger partial charge < -0.3 is 5.43 Å². The lowest BCUT2D eigenvalue weighted by Crippen LogP contribution is -2.33. The van der Waals surface area contributed by atoms with Crippen LogP contribution >= 0.6 is 11.8 Å². The minimum atomic E-state index is -0.425. The van der Waals surface area contributed by atoms with Gasteiger partial charge in [0.05, 0.1) is 16.7 Å². The fourth-order valence-corrected chi connectivity index (χ4v) is 3.54. The topological polar surface area (TPSA) is 79.6 Å². The molecule has 1 aliphatic rings. The van der Waals surface area contributed by atoms with Gasteiger partial charge in [-0.05, 0) is 52.0 Å². The Hall–Kier alpha value is -2.38. The first-order chi connectivity index (χ1) is 13.7. The van der Waals surface area contributed by atoms with Crippen LogP contribution in [0.4, 0.5) is 0 Å². The molecule has 7 heteroatoms. The molecule has 1 heterocycles. The summed E-state index contributed by atoms with van der Waals surface area (Å²) in [7, 11) is 0. The molecule has 6 nitrogen and oxygen atoms in total. The zero-order valence-electron chi connectivity index (χ0n) is 18.2. The lowest BCUT2D eigenvalue weighted by Gasteiger charge is -2.14. The number of allylic oxidation sites excluding steroid dienone is 5. The normalized spacial score (nSPS) is 18.6. The number of hydrogen-bond acceptors (Lipinski definition) is 6. The first kappa shape index (κ1) is 24.7. The van der Waals surface area contributed by atoms with Gasteiger partial charge in [0.1, 0.15) is 0 Å². The van der Waals surface area contributed by atoms with E-state index >= 15 is 0 Å². The van der Waals surface area contributed by atoms with Gasteiger partial charge >= 0.3 is 0 Å². The predicted octanol–water partition coefficient (Wildman–Crippen LogP) is 5.79. The van der Waals surface area contributed by atoms with E-state index in [2.05, 4.69) is 40.8 Å². The number of nitrogens with zero attached hydrogens (tertiary/aromatic N) is 2. The molecule has 0 aromatic carbocycles. The van der Waals surface area contributed by atoms with Crippen molar-refractivity contribution in [2.45, 2.75) is 60.4 Å². The van der Waals surface area contributed by atoms with Crippen LogP contribution in [0, 0.1) is 10.1 Å². The highest BCUT2D eigenvalue weighted by atomic mass is 32.2. The Morgan fingerprint density at radius 3 is 2.59 bits per heavy atom. The first-order valence-electron chi connectivity index (χ1n) is 9.65. The van der Waals surface area contributed by atoms with Crippen LogP contribution < -0.4 is 10.9 Å². The van der Waals surface area contributed by atoms with Gasteiger partial charge in [-0.15, -0.1) is 0 Å². The molecule has 1 atom stereocenters. The maximum atomic E-state index is 11.2. The van der Waals surface area contributed by atoms with Crippen LogP contribution in [0.3, 0.4) is 0 Å². The van der Waals surface area contributed by atoms with Crippen molar-refractivity contribution in [3.8, 4) is 0 Å². The smallest absolute Gasteiger partial charge is 0.269 e. The minimum absolute atomic E-state index is 0.0245. The van der Waals surface area contributed by atoms with E-state index in [1.807, 2.05) is 40.8 Å². The number of thioether (sulfide) groups is 1. The van der Waals surface area contributed by atoms with Crippen molar-refractivity contribution in [3.05, 3.63) is 79.5 Å². The molecule has 1 aliphatic heterocycles. The molecule has 0 aliphatic carbocycles. The molecule has 0 bridgehead atoms. The Morgan fingerprint density at radius 1 is 1.38 bits per heavy atom. The maximum Gasteiger partial charge on any atom is 0.269 e. The van der Waals surface area contributed by atoms with Crippen LogP contribution in [0.2, 0.25) is 0 Å². The van der Waals surface area contributed by atoms with E-state index in [-0.39, 0.29) is 11.7 Å². The molecule has 1 rings (SSSR count). The molecule has 0 aromatic heterocycles. The average Bonchev–Trinajstić information content (AvgIpc) is 3.04. The third-order valence-electron chi connectivity index (χ3n) is 4.21. The monoisotopic (exact) mass is 416 g/mol. The molecule has 0 radical (unpaired) electrons. The summed E-state index contributed by atoms with van der Waals surface area (Å²) in [6.45, 7) is 15.7. The second kappa shape index (κ2) is 12.2. The van der Waals surface area contributed by atoms with Crippen molar-refractivity contribution in [2.24, 2.45) is 4.99 Å². The van der Waals surface area contributed by atoms with E-state index < -0.39 is 4.92 Å². The Balaban J connectivity index is 3.11.